The molecular formula is C48H38N2O9. The van der Waals surface area contributed by atoms with Crippen LogP contribution in [-0.2, 0) is 19.2 Å². The summed E-state index contributed by atoms with van der Waals surface area (Å²) in [5.74, 6) is -6.91. The third-order valence-corrected chi connectivity index (χ3v) is 12.4. The second-order valence-electron chi connectivity index (χ2n) is 15.3. The van der Waals surface area contributed by atoms with Crippen LogP contribution in [0.1, 0.15) is 56.2 Å². The molecule has 5 aromatic rings. The number of ketones is 2. The van der Waals surface area contributed by atoms with Crippen molar-refractivity contribution < 1.29 is 43.3 Å². The van der Waals surface area contributed by atoms with Gasteiger partial charge in [0.25, 0.3) is 0 Å². The molecule has 1 saturated carbocycles. The lowest BCUT2D eigenvalue weighted by Gasteiger charge is -2.44. The Kier molecular flexibility index (Phi) is 9.30. The Morgan fingerprint density at radius 1 is 0.576 bits per heavy atom. The van der Waals surface area contributed by atoms with E-state index in [1.165, 1.54) is 25.2 Å². The molecule has 0 radical (unpaired) electrons. The van der Waals surface area contributed by atoms with Gasteiger partial charge in [-0.25, -0.2) is 0 Å². The van der Waals surface area contributed by atoms with Gasteiger partial charge in [0.15, 0.2) is 11.6 Å². The Labute approximate surface area is 339 Å². The number of rotatable bonds is 9. The number of hydrogen-bond donors (Lipinski definition) is 1. The van der Waals surface area contributed by atoms with Gasteiger partial charge >= 0.3 is 0 Å². The summed E-state index contributed by atoms with van der Waals surface area (Å²) in [4.78, 5) is 86.7. The molecule has 9 rings (SSSR count). The minimum atomic E-state index is -0.988. The van der Waals surface area contributed by atoms with Crippen LogP contribution in [0.25, 0.3) is 0 Å². The van der Waals surface area contributed by atoms with E-state index in [1.54, 1.807) is 103 Å². The fourth-order valence-electron chi connectivity index (χ4n) is 9.64. The first-order valence-corrected chi connectivity index (χ1v) is 19.4. The normalized spacial score (nSPS) is 23.3. The van der Waals surface area contributed by atoms with Crippen molar-refractivity contribution in [2.24, 2.45) is 29.6 Å². The van der Waals surface area contributed by atoms with Crippen molar-refractivity contribution in [3.63, 3.8) is 0 Å². The average Bonchev–Trinajstić information content (AvgIpc) is 3.68. The van der Waals surface area contributed by atoms with Gasteiger partial charge in [-0.05, 0) is 67.3 Å². The van der Waals surface area contributed by atoms with Gasteiger partial charge in [0.2, 0.25) is 23.6 Å². The highest BCUT2D eigenvalue weighted by atomic mass is 16.5. The number of phenolic OH excluding ortho intramolecular Hbond substituents is 1. The van der Waals surface area contributed by atoms with Gasteiger partial charge in [0.1, 0.15) is 17.2 Å². The number of carbonyl (C=O) groups excluding carboxylic acids is 6. The van der Waals surface area contributed by atoms with Crippen LogP contribution in [0.4, 0.5) is 11.4 Å². The van der Waals surface area contributed by atoms with Gasteiger partial charge in [-0.3, -0.25) is 38.6 Å². The number of carbonyl (C=O) groups is 6. The van der Waals surface area contributed by atoms with Crippen molar-refractivity contribution in [3.05, 3.63) is 161 Å². The molecular weight excluding hydrogens is 749 g/mol. The molecule has 0 aromatic heterocycles. The Bertz CT molecular complexity index is 2590. The number of fused-ring (bicyclic) bond motifs is 4. The maximum atomic E-state index is 14.7. The Hall–Kier alpha value is -7.14. The highest BCUT2D eigenvalue weighted by Crippen LogP contribution is 2.61. The fraction of sp³-hybridized carbons (Fsp3) is 0.208. The fourth-order valence-corrected chi connectivity index (χ4v) is 9.64. The van der Waals surface area contributed by atoms with Crippen LogP contribution in [0.3, 0.4) is 0 Å². The predicted molar refractivity (Wildman–Crippen MR) is 216 cm³/mol. The van der Waals surface area contributed by atoms with E-state index >= 15 is 0 Å². The van der Waals surface area contributed by atoms with Crippen LogP contribution in [0.15, 0.2) is 133 Å². The molecule has 0 bridgehead atoms. The van der Waals surface area contributed by atoms with Crippen molar-refractivity contribution in [1.29, 1.82) is 0 Å². The number of benzene rings is 5. The Morgan fingerprint density at radius 3 is 1.58 bits per heavy atom. The molecule has 0 unspecified atom stereocenters. The smallest absolute Gasteiger partial charge is 0.238 e. The second-order valence-corrected chi connectivity index (χ2v) is 15.3. The minimum absolute atomic E-state index is 0.108. The van der Waals surface area contributed by atoms with Crippen molar-refractivity contribution in [2.75, 3.05) is 24.0 Å². The number of anilines is 2. The van der Waals surface area contributed by atoms with Crippen molar-refractivity contribution in [1.82, 2.24) is 0 Å². The van der Waals surface area contributed by atoms with Crippen LogP contribution >= 0.6 is 0 Å². The molecule has 1 N–H and O–H groups in total. The lowest BCUT2D eigenvalue weighted by Crippen LogP contribution is -2.43. The van der Waals surface area contributed by atoms with Crippen LogP contribution < -0.4 is 19.3 Å². The van der Waals surface area contributed by atoms with Gasteiger partial charge in [-0.1, -0.05) is 72.3 Å². The van der Waals surface area contributed by atoms with Crippen molar-refractivity contribution >= 4 is 46.6 Å². The zero-order valence-corrected chi connectivity index (χ0v) is 32.1. The largest absolute Gasteiger partial charge is 0.507 e. The molecule has 11 nitrogen and oxygen atoms in total. The molecule has 2 heterocycles. The molecule has 2 saturated heterocycles. The summed E-state index contributed by atoms with van der Waals surface area (Å²) in [5, 5.41) is 11.6. The highest BCUT2D eigenvalue weighted by molar-refractivity contribution is 6.24. The number of allylic oxidation sites excluding steroid dienone is 2. The molecule has 294 valence electrons. The second kappa shape index (κ2) is 14.7. The van der Waals surface area contributed by atoms with Crippen molar-refractivity contribution in [3.8, 4) is 17.2 Å². The summed E-state index contributed by atoms with van der Waals surface area (Å²) in [6.07, 6.45) is 2.19. The number of ether oxygens (including phenoxy) is 2. The van der Waals surface area contributed by atoms with Crippen molar-refractivity contribution in [2.45, 2.75) is 18.8 Å². The van der Waals surface area contributed by atoms with E-state index in [4.69, 9.17) is 9.47 Å². The predicted octanol–water partition coefficient (Wildman–Crippen LogP) is 6.92. The van der Waals surface area contributed by atoms with E-state index in [1.807, 2.05) is 18.2 Å². The van der Waals surface area contributed by atoms with E-state index in [0.29, 0.717) is 39.3 Å². The summed E-state index contributed by atoms with van der Waals surface area (Å²) >= 11 is 0. The minimum Gasteiger partial charge on any atom is -0.507 e. The SMILES string of the molecule is COc1cc(O)c([C@H]2C3=CC[C@@H]4C(=O)N(c5ccc(C(=O)c6ccccc6)cc5)C(=O)[C@@H]4[C@@H]3C[C@H]3C(=O)N(c4ccc(C(=O)c5ccccc5)cc4)C(=O)[C@@H]23)c(OC)c1. The van der Waals surface area contributed by atoms with Crippen LogP contribution in [-0.4, -0.2) is 54.5 Å². The van der Waals surface area contributed by atoms with Crippen LogP contribution in [0.2, 0.25) is 0 Å². The standard InChI is InChI=1S/C48H38N2O9/c1-58-32-23-37(51)42(38(24-32)59-2)40-33-21-22-34-39(47(56)49(45(34)54)30-17-13-28(14-18-30)43(52)26-9-5-3-6-10-26)35(33)25-36-41(40)48(57)50(46(36)55)31-19-15-29(16-20-31)44(53)27-11-7-4-8-12-27/h3-21,23-24,34-36,39-41,51H,22,25H2,1-2H3/t34-,35+,36+,39-,40-,41+/m0/s1. The molecule has 2 aliphatic carbocycles. The van der Waals surface area contributed by atoms with E-state index in [9.17, 15) is 33.9 Å². The van der Waals surface area contributed by atoms with Crippen LogP contribution in [0, 0.1) is 29.6 Å². The number of methoxy groups -OCH3 is 2. The summed E-state index contributed by atoms with van der Waals surface area (Å²) in [5.41, 5.74) is 3.35. The number of aromatic hydroxyl groups is 1. The van der Waals surface area contributed by atoms with E-state index in [0.717, 1.165) is 4.90 Å². The lowest BCUT2D eigenvalue weighted by molar-refractivity contribution is -0.126. The van der Waals surface area contributed by atoms with Gasteiger partial charge in [-0.15, -0.1) is 0 Å². The topological polar surface area (TPSA) is 148 Å². The highest BCUT2D eigenvalue weighted by Gasteiger charge is 2.63. The number of amides is 4. The average molecular weight is 787 g/mol. The number of phenols is 1. The molecule has 5 aromatic carbocycles. The van der Waals surface area contributed by atoms with Gasteiger partial charge in [0.05, 0.1) is 49.3 Å². The summed E-state index contributed by atoms with van der Waals surface area (Å²) in [7, 11) is 2.88. The molecule has 11 heteroatoms. The first-order chi connectivity index (χ1) is 28.6. The first kappa shape index (κ1) is 37.4. The molecule has 4 aliphatic rings. The number of imide groups is 2. The quantitative estimate of drug-likeness (QED) is 0.0956. The van der Waals surface area contributed by atoms with Gasteiger partial charge < -0.3 is 14.6 Å². The van der Waals surface area contributed by atoms with Gasteiger partial charge in [-0.2, -0.15) is 0 Å². The zero-order chi connectivity index (χ0) is 41.1. The van der Waals surface area contributed by atoms with Gasteiger partial charge in [0, 0.05) is 45.9 Å². The number of hydrogen-bond acceptors (Lipinski definition) is 9. The van der Waals surface area contributed by atoms with Crippen LogP contribution in [0.5, 0.6) is 17.2 Å². The zero-order valence-electron chi connectivity index (χ0n) is 32.1. The molecule has 4 amide bonds. The summed E-state index contributed by atoms with van der Waals surface area (Å²) in [6, 6.07) is 33.3. The Balaban J connectivity index is 1.08. The molecule has 3 fully saturated rings. The van der Waals surface area contributed by atoms with E-state index in [-0.39, 0.29) is 53.1 Å². The summed E-state index contributed by atoms with van der Waals surface area (Å²) < 4.78 is 11.2. The third-order valence-electron chi connectivity index (χ3n) is 12.4. The monoisotopic (exact) mass is 786 g/mol. The molecule has 2 aliphatic heterocycles. The number of nitrogens with zero attached hydrogens (tertiary/aromatic N) is 2. The van der Waals surface area contributed by atoms with E-state index < -0.39 is 53.2 Å². The van der Waals surface area contributed by atoms with E-state index in [2.05, 4.69) is 0 Å². The first-order valence-electron chi connectivity index (χ1n) is 19.4. The Morgan fingerprint density at radius 2 is 1.07 bits per heavy atom. The third kappa shape index (κ3) is 6.03. The lowest BCUT2D eigenvalue weighted by atomic mass is 9.57. The molecule has 0 spiro atoms. The molecule has 6 atom stereocenters. The maximum absolute atomic E-state index is 14.7. The maximum Gasteiger partial charge on any atom is 0.238 e. The molecule has 59 heavy (non-hydrogen) atoms. The summed E-state index contributed by atoms with van der Waals surface area (Å²) in [6.45, 7) is 0.